The molecule has 0 spiro atoms. The maximum atomic E-state index is 10.9. The highest BCUT2D eigenvalue weighted by Crippen LogP contribution is 2.21. The van der Waals surface area contributed by atoms with E-state index >= 15 is 0 Å². The first-order chi connectivity index (χ1) is 8.25. The number of hydrogen-bond donors (Lipinski definition) is 2. The van der Waals surface area contributed by atoms with E-state index in [9.17, 15) is 4.79 Å². The zero-order valence-electron chi connectivity index (χ0n) is 9.63. The lowest BCUT2D eigenvalue weighted by Gasteiger charge is -2.04. The molecule has 5 heteroatoms. The van der Waals surface area contributed by atoms with Crippen LogP contribution in [-0.2, 0) is 0 Å². The number of nitrogens with zero attached hydrogens (tertiary/aromatic N) is 1. The topological polar surface area (TPSA) is 70.4 Å². The van der Waals surface area contributed by atoms with Crippen LogP contribution < -0.4 is 0 Å². The monoisotopic (exact) mass is 255 g/mol. The first-order valence-electron chi connectivity index (χ1n) is 5.67. The number of unbranched alkanes of at least 4 members (excludes halogenated alkanes) is 3. The molecule has 0 fully saturated rings. The third-order valence-corrected chi connectivity index (χ3v) is 3.38. The van der Waals surface area contributed by atoms with Crippen LogP contribution in [0.1, 0.15) is 36.0 Å². The molecule has 1 heterocycles. The number of carbonyl (C=O) groups is 1. The van der Waals surface area contributed by atoms with Crippen LogP contribution in [0.2, 0.25) is 0 Å². The number of carboxylic acids is 1. The van der Waals surface area contributed by atoms with Gasteiger partial charge in [-0.1, -0.05) is 12.8 Å². The molecule has 0 aromatic carbocycles. The molecule has 2 N–H and O–H groups in total. The summed E-state index contributed by atoms with van der Waals surface area (Å²) >= 11 is 1.48. The van der Waals surface area contributed by atoms with Gasteiger partial charge in [0.2, 0.25) is 0 Å². The van der Waals surface area contributed by atoms with Gasteiger partial charge in [0.05, 0.1) is 5.56 Å². The van der Waals surface area contributed by atoms with E-state index in [4.69, 9.17) is 10.2 Å². The van der Waals surface area contributed by atoms with E-state index in [1.807, 2.05) is 0 Å². The van der Waals surface area contributed by atoms with E-state index in [2.05, 4.69) is 4.98 Å². The molecular weight excluding hydrogens is 238 g/mol. The molecule has 1 aromatic heterocycles. The number of aliphatic hydroxyl groups is 1. The Morgan fingerprint density at radius 1 is 1.29 bits per heavy atom. The standard InChI is InChI=1S/C12H17NO3S/c14-8-3-1-2-4-9-17-11-10(12(15)16)6-5-7-13-11/h5-7,14H,1-4,8-9H2,(H,15,16). The fourth-order valence-electron chi connectivity index (χ4n) is 1.40. The molecule has 0 unspecified atom stereocenters. The number of aromatic carboxylic acids is 1. The fourth-order valence-corrected chi connectivity index (χ4v) is 2.39. The second-order valence-corrected chi connectivity index (χ2v) is 4.73. The summed E-state index contributed by atoms with van der Waals surface area (Å²) in [6.45, 7) is 0.247. The summed E-state index contributed by atoms with van der Waals surface area (Å²) in [5.41, 5.74) is 0.271. The average Bonchev–Trinajstić information content (AvgIpc) is 2.34. The maximum absolute atomic E-state index is 10.9. The molecule has 0 amide bonds. The van der Waals surface area contributed by atoms with Crippen molar-refractivity contribution < 1.29 is 15.0 Å². The van der Waals surface area contributed by atoms with E-state index in [1.54, 1.807) is 18.3 Å². The Kier molecular flexibility index (Phi) is 6.65. The lowest BCUT2D eigenvalue weighted by molar-refractivity contribution is 0.0692. The van der Waals surface area contributed by atoms with Crippen molar-refractivity contribution in [1.29, 1.82) is 0 Å². The van der Waals surface area contributed by atoms with Gasteiger partial charge in [-0.25, -0.2) is 9.78 Å². The van der Waals surface area contributed by atoms with Crippen LogP contribution in [0.25, 0.3) is 0 Å². The second kappa shape index (κ2) is 8.08. The molecule has 0 radical (unpaired) electrons. The summed E-state index contributed by atoms with van der Waals surface area (Å²) < 4.78 is 0. The molecule has 0 saturated heterocycles. The van der Waals surface area contributed by atoms with E-state index in [0.29, 0.717) is 5.03 Å². The number of aliphatic hydroxyl groups excluding tert-OH is 1. The SMILES string of the molecule is O=C(O)c1cccnc1SCCCCCCO. The number of aromatic nitrogens is 1. The van der Waals surface area contributed by atoms with E-state index < -0.39 is 5.97 Å². The summed E-state index contributed by atoms with van der Waals surface area (Å²) in [4.78, 5) is 15.0. The van der Waals surface area contributed by atoms with Crippen molar-refractivity contribution in [2.45, 2.75) is 30.7 Å². The van der Waals surface area contributed by atoms with E-state index in [0.717, 1.165) is 31.4 Å². The maximum Gasteiger partial charge on any atom is 0.338 e. The minimum absolute atomic E-state index is 0.247. The van der Waals surface area contributed by atoms with Crippen LogP contribution in [-0.4, -0.2) is 33.5 Å². The van der Waals surface area contributed by atoms with Crippen molar-refractivity contribution in [2.24, 2.45) is 0 Å². The van der Waals surface area contributed by atoms with Crippen LogP contribution in [0.5, 0.6) is 0 Å². The van der Waals surface area contributed by atoms with Crippen molar-refractivity contribution in [3.63, 3.8) is 0 Å². The van der Waals surface area contributed by atoms with Crippen molar-refractivity contribution in [2.75, 3.05) is 12.4 Å². The van der Waals surface area contributed by atoms with Gasteiger partial charge < -0.3 is 10.2 Å². The van der Waals surface area contributed by atoms with Gasteiger partial charge in [-0.2, -0.15) is 0 Å². The Labute approximate surface area is 105 Å². The Hall–Kier alpha value is -1.07. The summed E-state index contributed by atoms with van der Waals surface area (Å²) in [5, 5.41) is 18.2. The molecule has 0 atom stereocenters. The molecule has 17 heavy (non-hydrogen) atoms. The van der Waals surface area contributed by atoms with Gasteiger partial charge in [-0.3, -0.25) is 0 Å². The molecule has 0 aliphatic heterocycles. The summed E-state index contributed by atoms with van der Waals surface area (Å²) in [7, 11) is 0. The van der Waals surface area contributed by atoms with Gasteiger partial charge in [-0.05, 0) is 30.7 Å². The number of thioether (sulfide) groups is 1. The van der Waals surface area contributed by atoms with Gasteiger partial charge in [0.25, 0.3) is 0 Å². The summed E-state index contributed by atoms with van der Waals surface area (Å²) in [5.74, 6) is -0.0659. The molecule has 0 saturated carbocycles. The molecule has 0 bridgehead atoms. The third kappa shape index (κ3) is 5.19. The summed E-state index contributed by atoms with van der Waals surface area (Å²) in [6, 6.07) is 3.21. The quantitative estimate of drug-likeness (QED) is 0.551. The number of pyridine rings is 1. The lowest BCUT2D eigenvalue weighted by atomic mass is 10.2. The highest BCUT2D eigenvalue weighted by molar-refractivity contribution is 7.99. The van der Waals surface area contributed by atoms with Gasteiger partial charge in [0, 0.05) is 12.8 Å². The molecule has 1 rings (SSSR count). The van der Waals surface area contributed by atoms with E-state index in [-0.39, 0.29) is 12.2 Å². The molecule has 1 aromatic rings. The van der Waals surface area contributed by atoms with Crippen LogP contribution in [0.4, 0.5) is 0 Å². The van der Waals surface area contributed by atoms with Gasteiger partial charge in [-0.15, -0.1) is 11.8 Å². The van der Waals surface area contributed by atoms with Crippen LogP contribution in [0.15, 0.2) is 23.4 Å². The minimum Gasteiger partial charge on any atom is -0.478 e. The van der Waals surface area contributed by atoms with E-state index in [1.165, 1.54) is 11.8 Å². The van der Waals surface area contributed by atoms with Gasteiger partial charge >= 0.3 is 5.97 Å². The predicted octanol–water partition coefficient (Wildman–Crippen LogP) is 2.42. The number of rotatable bonds is 8. The Bertz CT molecular complexity index is 357. The van der Waals surface area contributed by atoms with Crippen molar-refractivity contribution in [1.82, 2.24) is 4.98 Å². The number of carboxylic acid groups (broad SMARTS) is 1. The van der Waals surface area contributed by atoms with Gasteiger partial charge in [0.1, 0.15) is 5.03 Å². The second-order valence-electron chi connectivity index (χ2n) is 3.65. The Balaban J connectivity index is 2.34. The Morgan fingerprint density at radius 2 is 2.06 bits per heavy atom. The molecule has 4 nitrogen and oxygen atoms in total. The third-order valence-electron chi connectivity index (χ3n) is 2.29. The van der Waals surface area contributed by atoms with Crippen molar-refractivity contribution in [3.8, 4) is 0 Å². The van der Waals surface area contributed by atoms with Crippen molar-refractivity contribution >= 4 is 17.7 Å². The smallest absolute Gasteiger partial charge is 0.338 e. The molecule has 94 valence electrons. The summed E-state index contributed by atoms with van der Waals surface area (Å²) in [6.07, 6.45) is 5.54. The first kappa shape index (κ1) is 14.0. The molecule has 0 aliphatic rings. The van der Waals surface area contributed by atoms with Crippen LogP contribution in [0, 0.1) is 0 Å². The van der Waals surface area contributed by atoms with Crippen molar-refractivity contribution in [3.05, 3.63) is 23.9 Å². The molecular formula is C12H17NO3S. The largest absolute Gasteiger partial charge is 0.478 e. The predicted molar refractivity (Wildman–Crippen MR) is 67.5 cm³/mol. The zero-order chi connectivity index (χ0) is 12.5. The Morgan fingerprint density at radius 3 is 2.76 bits per heavy atom. The highest BCUT2D eigenvalue weighted by Gasteiger charge is 2.10. The first-order valence-corrected chi connectivity index (χ1v) is 6.66. The average molecular weight is 255 g/mol. The van der Waals surface area contributed by atoms with Crippen LogP contribution >= 0.6 is 11.8 Å². The fraction of sp³-hybridized carbons (Fsp3) is 0.500. The van der Waals surface area contributed by atoms with Gasteiger partial charge in [0.15, 0.2) is 0 Å². The molecule has 0 aliphatic carbocycles. The lowest BCUT2D eigenvalue weighted by Crippen LogP contribution is -2.00. The van der Waals surface area contributed by atoms with Crippen LogP contribution in [0.3, 0.4) is 0 Å². The highest BCUT2D eigenvalue weighted by atomic mass is 32.2. The normalized spacial score (nSPS) is 10.4. The minimum atomic E-state index is -0.930. The number of hydrogen-bond acceptors (Lipinski definition) is 4. The zero-order valence-corrected chi connectivity index (χ0v) is 10.4.